The van der Waals surface area contributed by atoms with Crippen molar-refractivity contribution < 1.29 is 9.59 Å². The maximum absolute atomic E-state index is 12.4. The van der Waals surface area contributed by atoms with Crippen LogP contribution in [0.5, 0.6) is 0 Å². The van der Waals surface area contributed by atoms with Gasteiger partial charge in [0.2, 0.25) is 5.91 Å². The summed E-state index contributed by atoms with van der Waals surface area (Å²) in [7, 11) is 0. The number of thioether (sulfide) groups is 2. The SMILES string of the molecule is CSc1cccc(NC(=O)c2ccc3c(c2)NC(=O)CCS3)c1. The minimum atomic E-state index is -0.186. The molecule has 0 spiro atoms. The number of benzene rings is 2. The van der Waals surface area contributed by atoms with Gasteiger partial charge in [-0.1, -0.05) is 6.07 Å². The van der Waals surface area contributed by atoms with Crippen molar-refractivity contribution in [2.45, 2.75) is 16.2 Å². The van der Waals surface area contributed by atoms with E-state index in [9.17, 15) is 9.59 Å². The van der Waals surface area contributed by atoms with Crippen molar-refractivity contribution in [1.29, 1.82) is 0 Å². The standard InChI is InChI=1S/C17H16N2O2S2/c1-22-13-4-2-3-12(10-13)18-17(21)11-5-6-15-14(9-11)19-16(20)7-8-23-15/h2-6,9-10H,7-8H2,1H3,(H,18,21)(H,19,20). The number of amides is 2. The summed E-state index contributed by atoms with van der Waals surface area (Å²) < 4.78 is 0. The first-order valence-electron chi connectivity index (χ1n) is 7.18. The number of nitrogens with one attached hydrogen (secondary N) is 2. The van der Waals surface area contributed by atoms with Gasteiger partial charge in [0.05, 0.1) is 5.69 Å². The van der Waals surface area contributed by atoms with Crippen LogP contribution >= 0.6 is 23.5 Å². The molecule has 0 aromatic heterocycles. The molecule has 6 heteroatoms. The summed E-state index contributed by atoms with van der Waals surface area (Å²) in [4.78, 5) is 26.2. The summed E-state index contributed by atoms with van der Waals surface area (Å²) >= 11 is 3.25. The molecule has 118 valence electrons. The Kier molecular flexibility index (Phi) is 4.93. The van der Waals surface area contributed by atoms with Gasteiger partial charge in [0.25, 0.3) is 5.91 Å². The van der Waals surface area contributed by atoms with E-state index in [-0.39, 0.29) is 11.8 Å². The van der Waals surface area contributed by atoms with Gasteiger partial charge in [-0.3, -0.25) is 9.59 Å². The molecule has 4 nitrogen and oxygen atoms in total. The number of anilines is 2. The second-order valence-electron chi connectivity index (χ2n) is 5.04. The van der Waals surface area contributed by atoms with E-state index < -0.39 is 0 Å². The molecule has 0 bridgehead atoms. The molecular weight excluding hydrogens is 328 g/mol. The van der Waals surface area contributed by atoms with Gasteiger partial charge >= 0.3 is 0 Å². The third kappa shape index (κ3) is 3.89. The van der Waals surface area contributed by atoms with Gasteiger partial charge in [-0.15, -0.1) is 23.5 Å². The normalized spacial score (nSPS) is 13.7. The number of fused-ring (bicyclic) bond motifs is 1. The van der Waals surface area contributed by atoms with Crippen molar-refractivity contribution in [3.63, 3.8) is 0 Å². The van der Waals surface area contributed by atoms with E-state index in [1.54, 1.807) is 35.7 Å². The van der Waals surface area contributed by atoms with Crippen LogP contribution in [0.15, 0.2) is 52.3 Å². The van der Waals surface area contributed by atoms with Gasteiger partial charge in [-0.05, 0) is 42.7 Å². The van der Waals surface area contributed by atoms with Gasteiger partial charge < -0.3 is 10.6 Å². The summed E-state index contributed by atoms with van der Waals surface area (Å²) in [5, 5.41) is 5.75. The second kappa shape index (κ2) is 7.10. The highest BCUT2D eigenvalue weighted by Crippen LogP contribution is 2.31. The lowest BCUT2D eigenvalue weighted by atomic mass is 10.1. The van der Waals surface area contributed by atoms with E-state index in [0.717, 1.165) is 21.2 Å². The van der Waals surface area contributed by atoms with E-state index in [1.165, 1.54) is 0 Å². The third-order valence-corrected chi connectivity index (χ3v) is 5.23. The molecule has 0 atom stereocenters. The molecule has 23 heavy (non-hydrogen) atoms. The van der Waals surface area contributed by atoms with Crippen molar-refractivity contribution in [2.24, 2.45) is 0 Å². The van der Waals surface area contributed by atoms with Gasteiger partial charge in [-0.25, -0.2) is 0 Å². The van der Waals surface area contributed by atoms with Crippen LogP contribution in [0.1, 0.15) is 16.8 Å². The molecule has 0 fully saturated rings. The smallest absolute Gasteiger partial charge is 0.255 e. The molecule has 1 aliphatic heterocycles. The first kappa shape index (κ1) is 16.0. The van der Waals surface area contributed by atoms with Crippen molar-refractivity contribution in [2.75, 3.05) is 22.6 Å². The zero-order chi connectivity index (χ0) is 16.2. The third-order valence-electron chi connectivity index (χ3n) is 3.43. The molecule has 2 N–H and O–H groups in total. The number of rotatable bonds is 3. The van der Waals surface area contributed by atoms with Gasteiger partial charge in [0.1, 0.15) is 0 Å². The quantitative estimate of drug-likeness (QED) is 0.823. The molecule has 3 rings (SSSR count). The molecule has 1 heterocycles. The lowest BCUT2D eigenvalue weighted by Crippen LogP contribution is -2.14. The molecule has 0 radical (unpaired) electrons. The number of hydrogen-bond donors (Lipinski definition) is 2. The predicted octanol–water partition coefficient (Wildman–Crippen LogP) is 4.10. The lowest BCUT2D eigenvalue weighted by molar-refractivity contribution is -0.115. The van der Waals surface area contributed by atoms with Crippen LogP contribution in [0, 0.1) is 0 Å². The average Bonchev–Trinajstić information content (AvgIpc) is 2.74. The fraction of sp³-hybridized carbons (Fsp3) is 0.176. The van der Waals surface area contributed by atoms with Crippen LogP contribution in [-0.4, -0.2) is 23.8 Å². The number of hydrogen-bond acceptors (Lipinski definition) is 4. The fourth-order valence-electron chi connectivity index (χ4n) is 2.27. The summed E-state index contributed by atoms with van der Waals surface area (Å²) in [6, 6.07) is 13.1. The Balaban J connectivity index is 1.81. The average molecular weight is 344 g/mol. The van der Waals surface area contributed by atoms with E-state index in [1.807, 2.05) is 36.6 Å². The van der Waals surface area contributed by atoms with E-state index >= 15 is 0 Å². The molecule has 1 aliphatic rings. The maximum Gasteiger partial charge on any atom is 0.255 e. The largest absolute Gasteiger partial charge is 0.325 e. The Morgan fingerprint density at radius 3 is 2.96 bits per heavy atom. The molecule has 0 unspecified atom stereocenters. The molecular formula is C17H16N2O2S2. The minimum Gasteiger partial charge on any atom is -0.325 e. The Bertz CT molecular complexity index is 762. The van der Waals surface area contributed by atoms with Crippen LogP contribution < -0.4 is 10.6 Å². The van der Waals surface area contributed by atoms with Crippen LogP contribution in [-0.2, 0) is 4.79 Å². The van der Waals surface area contributed by atoms with Crippen molar-refractivity contribution >= 4 is 46.7 Å². The highest BCUT2D eigenvalue weighted by atomic mass is 32.2. The molecule has 2 aromatic carbocycles. The van der Waals surface area contributed by atoms with Crippen LogP contribution in [0.2, 0.25) is 0 Å². The first-order valence-corrected chi connectivity index (χ1v) is 9.39. The van der Waals surface area contributed by atoms with Crippen molar-refractivity contribution in [3.05, 3.63) is 48.0 Å². The monoisotopic (exact) mass is 344 g/mol. The van der Waals surface area contributed by atoms with E-state index in [0.29, 0.717) is 17.7 Å². The van der Waals surface area contributed by atoms with Crippen LogP contribution in [0.25, 0.3) is 0 Å². The van der Waals surface area contributed by atoms with Gasteiger partial charge in [0.15, 0.2) is 0 Å². The highest BCUT2D eigenvalue weighted by molar-refractivity contribution is 7.99. The summed E-state index contributed by atoms with van der Waals surface area (Å²) in [5.41, 5.74) is 2.00. The maximum atomic E-state index is 12.4. The molecule has 0 saturated carbocycles. The first-order chi connectivity index (χ1) is 11.2. The van der Waals surface area contributed by atoms with Crippen molar-refractivity contribution in [3.8, 4) is 0 Å². The fourth-order valence-corrected chi connectivity index (χ4v) is 3.66. The van der Waals surface area contributed by atoms with Crippen LogP contribution in [0.3, 0.4) is 0 Å². The van der Waals surface area contributed by atoms with Crippen molar-refractivity contribution in [1.82, 2.24) is 0 Å². The minimum absolute atomic E-state index is 0.0125. The Morgan fingerprint density at radius 2 is 2.13 bits per heavy atom. The highest BCUT2D eigenvalue weighted by Gasteiger charge is 2.16. The molecule has 0 aliphatic carbocycles. The summed E-state index contributed by atoms with van der Waals surface area (Å²) in [6.45, 7) is 0. The Labute approximate surface area is 143 Å². The van der Waals surface area contributed by atoms with Gasteiger partial charge in [-0.2, -0.15) is 0 Å². The van der Waals surface area contributed by atoms with E-state index in [4.69, 9.17) is 0 Å². The molecule has 2 aromatic rings. The predicted molar refractivity (Wildman–Crippen MR) is 96.6 cm³/mol. The van der Waals surface area contributed by atoms with Crippen LogP contribution in [0.4, 0.5) is 11.4 Å². The van der Waals surface area contributed by atoms with E-state index in [2.05, 4.69) is 10.6 Å². The lowest BCUT2D eigenvalue weighted by Gasteiger charge is -2.10. The topological polar surface area (TPSA) is 58.2 Å². The number of carbonyl (C=O) groups excluding carboxylic acids is 2. The second-order valence-corrected chi connectivity index (χ2v) is 7.06. The Morgan fingerprint density at radius 1 is 1.26 bits per heavy atom. The summed E-state index contributed by atoms with van der Waals surface area (Å²) in [6.07, 6.45) is 2.48. The Hall–Kier alpha value is -1.92. The van der Waals surface area contributed by atoms with Gasteiger partial charge in [0, 0.05) is 33.2 Å². The summed E-state index contributed by atoms with van der Waals surface area (Å²) in [5.74, 6) is 0.558. The molecule has 0 saturated heterocycles. The zero-order valence-corrected chi connectivity index (χ0v) is 14.2. The molecule has 2 amide bonds. The number of carbonyl (C=O) groups is 2. The zero-order valence-electron chi connectivity index (χ0n) is 12.6.